The molecule has 1 nitrogen and oxygen atoms in total. The molecular weight excluding hydrogens is 302 g/mol. The highest BCUT2D eigenvalue weighted by Gasteiger charge is 2.35. The lowest BCUT2D eigenvalue weighted by Gasteiger charge is -2.37. The third-order valence-electron chi connectivity index (χ3n) is 4.11. The largest absolute Gasteiger partial charge is 0.299 e. The molecule has 23 heavy (non-hydrogen) atoms. The molecule has 3 aromatic rings. The monoisotopic (exact) mass is 321 g/mol. The molecule has 0 bridgehead atoms. The highest BCUT2D eigenvalue weighted by Crippen LogP contribution is 2.36. The smallest absolute Gasteiger partial charge is 0.0948 e. The van der Waals surface area contributed by atoms with E-state index in [4.69, 9.17) is 11.6 Å². The lowest BCUT2D eigenvalue weighted by molar-refractivity contribution is 0.490. The van der Waals surface area contributed by atoms with Gasteiger partial charge in [-0.2, -0.15) is 0 Å². The van der Waals surface area contributed by atoms with Crippen LogP contribution in [0.2, 0.25) is 0 Å². The molecule has 0 atom stereocenters. The van der Waals surface area contributed by atoms with Gasteiger partial charge in [0.25, 0.3) is 0 Å². The Morgan fingerprint density at radius 3 is 1.26 bits per heavy atom. The Labute approximate surface area is 142 Å². The number of benzene rings is 3. The van der Waals surface area contributed by atoms with Crippen molar-refractivity contribution in [3.63, 3.8) is 0 Å². The van der Waals surface area contributed by atoms with Gasteiger partial charge in [-0.25, -0.2) is 0 Å². The van der Waals surface area contributed by atoms with Crippen LogP contribution in [0.3, 0.4) is 0 Å². The molecule has 0 amide bonds. The van der Waals surface area contributed by atoms with Crippen molar-refractivity contribution in [2.75, 3.05) is 12.4 Å². The molecule has 0 saturated carbocycles. The van der Waals surface area contributed by atoms with Gasteiger partial charge in [-0.1, -0.05) is 91.0 Å². The van der Waals surface area contributed by atoms with Crippen LogP contribution in [-0.4, -0.2) is 12.4 Å². The minimum absolute atomic E-state index is 0.404. The van der Waals surface area contributed by atoms with E-state index >= 15 is 0 Å². The van der Waals surface area contributed by atoms with Crippen LogP contribution in [0.5, 0.6) is 0 Å². The summed E-state index contributed by atoms with van der Waals surface area (Å²) in [6, 6.07) is 31.6. The first-order chi connectivity index (χ1) is 11.4. The summed E-state index contributed by atoms with van der Waals surface area (Å²) in [5, 5.41) is 3.70. The zero-order chi connectivity index (χ0) is 16.0. The number of hydrogen-bond donors (Lipinski definition) is 1. The molecule has 116 valence electrons. The van der Waals surface area contributed by atoms with E-state index < -0.39 is 5.54 Å². The Morgan fingerprint density at radius 2 is 0.957 bits per heavy atom. The van der Waals surface area contributed by atoms with Gasteiger partial charge in [0, 0.05) is 12.4 Å². The van der Waals surface area contributed by atoms with Crippen LogP contribution >= 0.6 is 11.6 Å². The second-order valence-electron chi connectivity index (χ2n) is 5.46. The minimum atomic E-state index is -0.404. The van der Waals surface area contributed by atoms with Crippen molar-refractivity contribution in [1.29, 1.82) is 0 Å². The maximum absolute atomic E-state index is 6.01. The second-order valence-corrected chi connectivity index (χ2v) is 5.84. The van der Waals surface area contributed by atoms with Gasteiger partial charge in [0.05, 0.1) is 5.54 Å². The highest BCUT2D eigenvalue weighted by molar-refractivity contribution is 6.18. The van der Waals surface area contributed by atoms with Crippen LogP contribution in [-0.2, 0) is 5.54 Å². The van der Waals surface area contributed by atoms with Crippen LogP contribution in [0.15, 0.2) is 91.0 Å². The third kappa shape index (κ3) is 3.17. The fraction of sp³-hybridized carbons (Fsp3) is 0.143. The first kappa shape index (κ1) is 15.8. The molecule has 0 aliphatic rings. The summed E-state index contributed by atoms with van der Waals surface area (Å²) >= 11 is 6.01. The van der Waals surface area contributed by atoms with Crippen molar-refractivity contribution >= 4 is 11.6 Å². The Kier molecular flexibility index (Phi) is 5.12. The summed E-state index contributed by atoms with van der Waals surface area (Å²) in [5.74, 6) is 0.564. The molecule has 3 rings (SSSR count). The van der Waals surface area contributed by atoms with Gasteiger partial charge in [-0.3, -0.25) is 5.32 Å². The molecule has 0 radical (unpaired) electrons. The maximum Gasteiger partial charge on any atom is 0.0948 e. The Balaban J connectivity index is 2.25. The van der Waals surface area contributed by atoms with Gasteiger partial charge in [-0.15, -0.1) is 11.6 Å². The molecule has 3 aromatic carbocycles. The second kappa shape index (κ2) is 7.45. The third-order valence-corrected chi connectivity index (χ3v) is 4.29. The van der Waals surface area contributed by atoms with Crippen LogP contribution in [0.1, 0.15) is 16.7 Å². The van der Waals surface area contributed by atoms with E-state index in [0.717, 1.165) is 6.54 Å². The van der Waals surface area contributed by atoms with E-state index in [-0.39, 0.29) is 0 Å². The number of hydrogen-bond acceptors (Lipinski definition) is 1. The Bertz CT molecular complexity index is 614. The standard InChI is InChI=1S/C21H20ClN/c22-16-17-23-21(18-10-4-1-5-11-18,19-12-6-2-7-13-19)20-14-8-3-9-15-20/h1-15,23H,16-17H2. The first-order valence-corrected chi connectivity index (χ1v) is 8.39. The maximum atomic E-state index is 6.01. The average molecular weight is 322 g/mol. The molecule has 0 spiro atoms. The lowest BCUT2D eigenvalue weighted by atomic mass is 9.77. The molecular formula is C21H20ClN. The van der Waals surface area contributed by atoms with Gasteiger partial charge in [0.15, 0.2) is 0 Å². The minimum Gasteiger partial charge on any atom is -0.299 e. The zero-order valence-corrected chi connectivity index (χ0v) is 13.7. The van der Waals surface area contributed by atoms with Crippen LogP contribution in [0.4, 0.5) is 0 Å². The molecule has 0 fully saturated rings. The van der Waals surface area contributed by atoms with E-state index in [1.807, 2.05) is 18.2 Å². The van der Waals surface area contributed by atoms with Gasteiger partial charge in [0.2, 0.25) is 0 Å². The fourth-order valence-corrected chi connectivity index (χ4v) is 3.20. The molecule has 0 aromatic heterocycles. The van der Waals surface area contributed by atoms with Crippen LogP contribution in [0, 0.1) is 0 Å². The van der Waals surface area contributed by atoms with Crippen molar-refractivity contribution in [2.24, 2.45) is 0 Å². The number of halogens is 1. The van der Waals surface area contributed by atoms with Gasteiger partial charge in [0.1, 0.15) is 0 Å². The molecule has 0 unspecified atom stereocenters. The molecule has 0 saturated heterocycles. The molecule has 1 N–H and O–H groups in total. The summed E-state index contributed by atoms with van der Waals surface area (Å²) in [4.78, 5) is 0. The summed E-state index contributed by atoms with van der Waals surface area (Å²) in [5.41, 5.74) is 3.23. The molecule has 0 aliphatic carbocycles. The predicted molar refractivity (Wildman–Crippen MR) is 97.9 cm³/mol. The number of rotatable bonds is 6. The van der Waals surface area contributed by atoms with E-state index in [1.54, 1.807) is 0 Å². The summed E-state index contributed by atoms with van der Waals surface area (Å²) in [6.45, 7) is 0.722. The normalized spacial score (nSPS) is 11.3. The molecule has 0 aliphatic heterocycles. The van der Waals surface area contributed by atoms with Gasteiger partial charge < -0.3 is 0 Å². The number of alkyl halides is 1. The van der Waals surface area contributed by atoms with Gasteiger partial charge >= 0.3 is 0 Å². The van der Waals surface area contributed by atoms with Crippen molar-refractivity contribution in [2.45, 2.75) is 5.54 Å². The van der Waals surface area contributed by atoms with E-state index in [1.165, 1.54) is 16.7 Å². The first-order valence-electron chi connectivity index (χ1n) is 7.85. The van der Waals surface area contributed by atoms with Crippen molar-refractivity contribution in [3.8, 4) is 0 Å². The fourth-order valence-electron chi connectivity index (χ4n) is 3.11. The highest BCUT2D eigenvalue weighted by atomic mass is 35.5. The Morgan fingerprint density at radius 1 is 0.609 bits per heavy atom. The predicted octanol–water partition coefficient (Wildman–Crippen LogP) is 4.81. The summed E-state index contributed by atoms with van der Waals surface area (Å²) < 4.78 is 0. The topological polar surface area (TPSA) is 12.0 Å². The van der Waals surface area contributed by atoms with E-state index in [2.05, 4.69) is 78.1 Å². The van der Waals surface area contributed by atoms with E-state index in [9.17, 15) is 0 Å². The van der Waals surface area contributed by atoms with Gasteiger partial charge in [-0.05, 0) is 16.7 Å². The zero-order valence-electron chi connectivity index (χ0n) is 13.0. The number of nitrogens with one attached hydrogen (secondary N) is 1. The molecule has 0 heterocycles. The molecule has 2 heteroatoms. The summed E-state index contributed by atoms with van der Waals surface area (Å²) in [7, 11) is 0. The lowest BCUT2D eigenvalue weighted by Crippen LogP contribution is -2.45. The Hall–Kier alpha value is -2.09. The SMILES string of the molecule is ClCCNC(c1ccccc1)(c1ccccc1)c1ccccc1. The quantitative estimate of drug-likeness (QED) is 0.507. The van der Waals surface area contributed by atoms with E-state index in [0.29, 0.717) is 5.88 Å². The summed E-state index contributed by atoms with van der Waals surface area (Å²) in [6.07, 6.45) is 0. The van der Waals surface area contributed by atoms with Crippen molar-refractivity contribution in [1.82, 2.24) is 5.32 Å². The van der Waals surface area contributed by atoms with Crippen molar-refractivity contribution < 1.29 is 0 Å². The van der Waals surface area contributed by atoms with Crippen LogP contribution < -0.4 is 5.32 Å². The van der Waals surface area contributed by atoms with Crippen molar-refractivity contribution in [3.05, 3.63) is 108 Å². The van der Waals surface area contributed by atoms with Crippen LogP contribution in [0.25, 0.3) is 0 Å². The average Bonchev–Trinajstić information content (AvgIpc) is 2.65.